The first-order valence-corrected chi connectivity index (χ1v) is 7.75. The molecule has 0 radical (unpaired) electrons. The average Bonchev–Trinajstić information content (AvgIpc) is 3.19. The molecule has 0 unspecified atom stereocenters. The van der Waals surface area contributed by atoms with Gasteiger partial charge in [-0.25, -0.2) is 0 Å². The molecule has 1 N–H and O–H groups in total. The summed E-state index contributed by atoms with van der Waals surface area (Å²) in [6.45, 7) is 5.49. The Morgan fingerprint density at radius 2 is 1.90 bits per heavy atom. The molecule has 20 heavy (non-hydrogen) atoms. The summed E-state index contributed by atoms with van der Waals surface area (Å²) in [7, 11) is 6.46. The number of anilines is 1. The highest BCUT2D eigenvalue weighted by molar-refractivity contribution is 5.53. The number of hydrogen-bond donors (Lipinski definition) is 1. The number of benzene rings is 1. The lowest BCUT2D eigenvalue weighted by Gasteiger charge is -2.23. The number of nitrogens with zero attached hydrogens (tertiary/aromatic N) is 2. The first kappa shape index (κ1) is 15.3. The first-order chi connectivity index (χ1) is 9.56. The van der Waals surface area contributed by atoms with Crippen LogP contribution in [-0.2, 0) is 6.54 Å². The predicted octanol–water partition coefficient (Wildman–Crippen LogP) is 2.63. The molecule has 0 amide bonds. The van der Waals surface area contributed by atoms with Gasteiger partial charge in [-0.3, -0.25) is 0 Å². The van der Waals surface area contributed by atoms with Crippen LogP contribution in [-0.4, -0.2) is 45.2 Å². The van der Waals surface area contributed by atoms with Crippen molar-refractivity contribution < 1.29 is 0 Å². The highest BCUT2D eigenvalue weighted by Crippen LogP contribution is 2.22. The molecule has 1 aromatic carbocycles. The molecule has 0 heterocycles. The predicted molar refractivity (Wildman–Crippen MR) is 87.5 cm³/mol. The molecule has 0 aliphatic heterocycles. The van der Waals surface area contributed by atoms with E-state index in [2.05, 4.69) is 61.4 Å². The van der Waals surface area contributed by atoms with Gasteiger partial charge in [-0.1, -0.05) is 12.1 Å². The Kier molecular flexibility index (Phi) is 5.44. The Morgan fingerprint density at radius 3 is 2.50 bits per heavy atom. The van der Waals surface area contributed by atoms with Gasteiger partial charge < -0.3 is 15.1 Å². The maximum atomic E-state index is 3.58. The van der Waals surface area contributed by atoms with Gasteiger partial charge in [-0.2, -0.15) is 0 Å². The molecule has 0 spiro atoms. The fraction of sp³-hybridized carbons (Fsp3) is 0.647. The van der Waals surface area contributed by atoms with Gasteiger partial charge in [-0.05, 0) is 64.0 Å². The highest BCUT2D eigenvalue weighted by atomic mass is 15.1. The largest absolute Gasteiger partial charge is 0.374 e. The van der Waals surface area contributed by atoms with Gasteiger partial charge in [0.2, 0.25) is 0 Å². The summed E-state index contributed by atoms with van der Waals surface area (Å²) < 4.78 is 0. The van der Waals surface area contributed by atoms with Crippen molar-refractivity contribution in [1.29, 1.82) is 0 Å². The van der Waals surface area contributed by atoms with E-state index in [9.17, 15) is 0 Å². The zero-order valence-electron chi connectivity index (χ0n) is 13.4. The maximum Gasteiger partial charge on any atom is 0.0393 e. The Morgan fingerprint density at radius 1 is 1.15 bits per heavy atom. The second-order valence-electron chi connectivity index (χ2n) is 6.35. The molecule has 0 bridgehead atoms. The summed E-state index contributed by atoms with van der Waals surface area (Å²) in [4.78, 5) is 4.62. The standard InChI is InChI=1S/C17H29N3/c1-14-12-15(13-18-16-7-8-16)6-9-17(14)20(4)11-5-10-19(2)3/h6,9,12,16,18H,5,7-8,10-11,13H2,1-4H3. The van der Waals surface area contributed by atoms with Gasteiger partial charge in [0.25, 0.3) is 0 Å². The fourth-order valence-electron chi connectivity index (χ4n) is 2.55. The quantitative estimate of drug-likeness (QED) is 0.787. The topological polar surface area (TPSA) is 18.5 Å². The summed E-state index contributed by atoms with van der Waals surface area (Å²) in [5.74, 6) is 0. The third-order valence-corrected chi connectivity index (χ3v) is 3.94. The van der Waals surface area contributed by atoms with Crippen molar-refractivity contribution in [2.45, 2.75) is 38.8 Å². The van der Waals surface area contributed by atoms with Crippen molar-refractivity contribution in [3.8, 4) is 0 Å². The van der Waals surface area contributed by atoms with E-state index in [1.165, 1.54) is 36.1 Å². The van der Waals surface area contributed by atoms with Crippen LogP contribution in [0.15, 0.2) is 18.2 Å². The maximum absolute atomic E-state index is 3.58. The van der Waals surface area contributed by atoms with E-state index in [4.69, 9.17) is 0 Å². The molecular formula is C17H29N3. The van der Waals surface area contributed by atoms with E-state index in [-0.39, 0.29) is 0 Å². The monoisotopic (exact) mass is 275 g/mol. The van der Waals surface area contributed by atoms with E-state index in [1.807, 2.05) is 0 Å². The van der Waals surface area contributed by atoms with Crippen molar-refractivity contribution in [2.75, 3.05) is 39.1 Å². The van der Waals surface area contributed by atoms with E-state index < -0.39 is 0 Å². The molecule has 1 aliphatic rings. The minimum Gasteiger partial charge on any atom is -0.374 e. The van der Waals surface area contributed by atoms with Gasteiger partial charge in [0, 0.05) is 31.9 Å². The van der Waals surface area contributed by atoms with Crippen LogP contribution in [0, 0.1) is 6.92 Å². The number of hydrogen-bond acceptors (Lipinski definition) is 3. The van der Waals surface area contributed by atoms with Crippen LogP contribution in [0.2, 0.25) is 0 Å². The lowest BCUT2D eigenvalue weighted by molar-refractivity contribution is 0.401. The van der Waals surface area contributed by atoms with Gasteiger partial charge in [0.05, 0.1) is 0 Å². The number of rotatable bonds is 8. The summed E-state index contributed by atoms with van der Waals surface area (Å²) in [5, 5.41) is 3.58. The smallest absolute Gasteiger partial charge is 0.0393 e. The number of aryl methyl sites for hydroxylation is 1. The Hall–Kier alpha value is -1.06. The van der Waals surface area contributed by atoms with Crippen LogP contribution in [0.3, 0.4) is 0 Å². The summed E-state index contributed by atoms with van der Waals surface area (Å²) in [6.07, 6.45) is 3.91. The van der Waals surface area contributed by atoms with Gasteiger partial charge >= 0.3 is 0 Å². The van der Waals surface area contributed by atoms with Crippen LogP contribution in [0.25, 0.3) is 0 Å². The third-order valence-electron chi connectivity index (χ3n) is 3.94. The summed E-state index contributed by atoms with van der Waals surface area (Å²) in [5.41, 5.74) is 4.14. The summed E-state index contributed by atoms with van der Waals surface area (Å²) >= 11 is 0. The molecule has 2 rings (SSSR count). The van der Waals surface area contributed by atoms with Crippen molar-refractivity contribution in [2.24, 2.45) is 0 Å². The van der Waals surface area contributed by atoms with Crippen LogP contribution in [0.1, 0.15) is 30.4 Å². The minimum absolute atomic E-state index is 0.781. The molecule has 3 heteroatoms. The van der Waals surface area contributed by atoms with Gasteiger partial charge in [0.1, 0.15) is 0 Å². The highest BCUT2D eigenvalue weighted by Gasteiger charge is 2.19. The Balaban J connectivity index is 1.86. The van der Waals surface area contributed by atoms with Crippen LogP contribution < -0.4 is 10.2 Å². The molecule has 0 saturated heterocycles. The van der Waals surface area contributed by atoms with Crippen LogP contribution in [0.4, 0.5) is 5.69 Å². The van der Waals surface area contributed by atoms with Crippen molar-refractivity contribution in [1.82, 2.24) is 10.2 Å². The van der Waals surface area contributed by atoms with Gasteiger partial charge in [-0.15, -0.1) is 0 Å². The minimum atomic E-state index is 0.781. The Labute approximate surface area is 124 Å². The first-order valence-electron chi connectivity index (χ1n) is 7.75. The van der Waals surface area contributed by atoms with Crippen molar-refractivity contribution >= 4 is 5.69 Å². The van der Waals surface area contributed by atoms with E-state index in [1.54, 1.807) is 0 Å². The lowest BCUT2D eigenvalue weighted by atomic mass is 10.1. The zero-order valence-corrected chi connectivity index (χ0v) is 13.4. The lowest BCUT2D eigenvalue weighted by Crippen LogP contribution is -2.24. The van der Waals surface area contributed by atoms with Crippen LogP contribution in [0.5, 0.6) is 0 Å². The van der Waals surface area contributed by atoms with Crippen LogP contribution >= 0.6 is 0 Å². The molecule has 1 aliphatic carbocycles. The Bertz CT molecular complexity index is 424. The molecule has 1 aromatic rings. The second-order valence-corrected chi connectivity index (χ2v) is 6.35. The normalized spacial score (nSPS) is 14.8. The molecule has 0 aromatic heterocycles. The van der Waals surface area contributed by atoms with Crippen molar-refractivity contribution in [3.63, 3.8) is 0 Å². The second kappa shape index (κ2) is 7.09. The molecule has 112 valence electrons. The van der Waals surface area contributed by atoms with E-state index >= 15 is 0 Å². The molecule has 0 atom stereocenters. The average molecular weight is 275 g/mol. The molecule has 1 saturated carbocycles. The molecule has 3 nitrogen and oxygen atoms in total. The summed E-state index contributed by atoms with van der Waals surface area (Å²) in [6, 6.07) is 7.64. The zero-order chi connectivity index (χ0) is 14.5. The fourth-order valence-corrected chi connectivity index (χ4v) is 2.55. The van der Waals surface area contributed by atoms with Crippen molar-refractivity contribution in [3.05, 3.63) is 29.3 Å². The van der Waals surface area contributed by atoms with Gasteiger partial charge in [0.15, 0.2) is 0 Å². The molecular weight excluding hydrogens is 246 g/mol. The molecule has 1 fully saturated rings. The third kappa shape index (κ3) is 4.80. The van der Waals surface area contributed by atoms with E-state index in [0.717, 1.165) is 25.7 Å². The van der Waals surface area contributed by atoms with E-state index in [0.29, 0.717) is 0 Å². The number of nitrogens with one attached hydrogen (secondary N) is 1. The SMILES string of the molecule is Cc1cc(CNC2CC2)ccc1N(C)CCCN(C)C.